The summed E-state index contributed by atoms with van der Waals surface area (Å²) >= 11 is 6.03. The first kappa shape index (κ1) is 13.3. The summed E-state index contributed by atoms with van der Waals surface area (Å²) in [6.45, 7) is 2.80. The lowest BCUT2D eigenvalue weighted by Crippen LogP contribution is -2.19. The molecule has 2 aliphatic carbocycles. The van der Waals surface area contributed by atoms with Gasteiger partial charge in [0.2, 0.25) is 0 Å². The third-order valence-corrected chi connectivity index (χ3v) is 5.03. The number of halogens is 1. The lowest BCUT2D eigenvalue weighted by molar-refractivity contribution is 0.193. The SMILES string of the molecule is CC(N)c1cc(Cl)ccc1OCC1CC2CCC1C2. The van der Waals surface area contributed by atoms with Gasteiger partial charge in [0, 0.05) is 16.6 Å². The number of nitrogens with two attached hydrogens (primary N) is 1. The molecule has 2 bridgehead atoms. The summed E-state index contributed by atoms with van der Waals surface area (Å²) in [7, 11) is 0. The second-order valence-electron chi connectivity index (χ2n) is 6.22. The Labute approximate surface area is 120 Å². The fourth-order valence-electron chi connectivity index (χ4n) is 3.78. The van der Waals surface area contributed by atoms with Crippen LogP contribution in [0.2, 0.25) is 5.02 Å². The molecule has 1 aromatic rings. The van der Waals surface area contributed by atoms with Crippen LogP contribution in [0.3, 0.4) is 0 Å². The van der Waals surface area contributed by atoms with E-state index in [1.165, 1.54) is 25.7 Å². The van der Waals surface area contributed by atoms with Gasteiger partial charge in [-0.05, 0) is 62.1 Å². The molecule has 19 heavy (non-hydrogen) atoms. The number of hydrogen-bond donors (Lipinski definition) is 1. The number of hydrogen-bond acceptors (Lipinski definition) is 2. The Bertz CT molecular complexity index is 460. The first-order valence-corrected chi connectivity index (χ1v) is 7.69. The van der Waals surface area contributed by atoms with Crippen molar-refractivity contribution in [2.24, 2.45) is 23.5 Å². The van der Waals surface area contributed by atoms with Crippen LogP contribution in [0.25, 0.3) is 0 Å². The maximum Gasteiger partial charge on any atom is 0.124 e. The van der Waals surface area contributed by atoms with Crippen molar-refractivity contribution >= 4 is 11.6 Å². The summed E-state index contributed by atoms with van der Waals surface area (Å²) in [5.41, 5.74) is 7.00. The molecular weight excluding hydrogens is 258 g/mol. The first-order valence-electron chi connectivity index (χ1n) is 7.31. The second-order valence-corrected chi connectivity index (χ2v) is 6.65. The molecule has 0 radical (unpaired) electrons. The van der Waals surface area contributed by atoms with Gasteiger partial charge in [0.1, 0.15) is 5.75 Å². The standard InChI is InChI=1S/C16H22ClNO/c1-10(18)15-8-14(17)4-5-16(15)19-9-13-7-11-2-3-12(13)6-11/h4-5,8,10-13H,2-3,6-7,9,18H2,1H3. The molecule has 0 aliphatic heterocycles. The predicted octanol–water partition coefficient (Wildman–Crippen LogP) is 4.17. The van der Waals surface area contributed by atoms with E-state index in [0.717, 1.165) is 40.7 Å². The van der Waals surface area contributed by atoms with Gasteiger partial charge >= 0.3 is 0 Å². The van der Waals surface area contributed by atoms with Crippen LogP contribution >= 0.6 is 11.6 Å². The van der Waals surface area contributed by atoms with E-state index in [1.54, 1.807) is 0 Å². The molecule has 2 saturated carbocycles. The van der Waals surface area contributed by atoms with Crippen molar-refractivity contribution in [3.63, 3.8) is 0 Å². The summed E-state index contributed by atoms with van der Waals surface area (Å²) in [6, 6.07) is 5.70. The molecule has 4 atom stereocenters. The molecule has 0 saturated heterocycles. The molecule has 0 aromatic heterocycles. The number of rotatable bonds is 4. The summed E-state index contributed by atoms with van der Waals surface area (Å²) in [4.78, 5) is 0. The Morgan fingerprint density at radius 2 is 2.21 bits per heavy atom. The fraction of sp³-hybridized carbons (Fsp3) is 0.625. The van der Waals surface area contributed by atoms with E-state index in [-0.39, 0.29) is 6.04 Å². The molecule has 2 nitrogen and oxygen atoms in total. The monoisotopic (exact) mass is 279 g/mol. The molecule has 4 unspecified atom stereocenters. The van der Waals surface area contributed by atoms with Crippen LogP contribution in [-0.4, -0.2) is 6.61 Å². The molecule has 3 heteroatoms. The Morgan fingerprint density at radius 3 is 2.84 bits per heavy atom. The Kier molecular flexibility index (Phi) is 3.72. The average Bonchev–Trinajstić information content (AvgIpc) is 2.99. The number of ether oxygens (including phenoxy) is 1. The lowest BCUT2D eigenvalue weighted by Gasteiger charge is -2.23. The minimum Gasteiger partial charge on any atom is -0.493 e. The molecular formula is C16H22ClNO. The zero-order valence-corrected chi connectivity index (χ0v) is 12.2. The van der Waals surface area contributed by atoms with Gasteiger partial charge in [0.25, 0.3) is 0 Å². The molecule has 2 N–H and O–H groups in total. The molecule has 0 amide bonds. The Morgan fingerprint density at radius 1 is 1.37 bits per heavy atom. The van der Waals surface area contributed by atoms with E-state index in [0.29, 0.717) is 0 Å². The Hall–Kier alpha value is -0.730. The van der Waals surface area contributed by atoms with E-state index >= 15 is 0 Å². The second kappa shape index (κ2) is 5.34. The summed E-state index contributed by atoms with van der Waals surface area (Å²) < 4.78 is 6.05. The molecule has 1 aromatic carbocycles. The normalized spacial score (nSPS) is 30.6. The fourth-order valence-corrected chi connectivity index (χ4v) is 3.96. The highest BCUT2D eigenvalue weighted by Crippen LogP contribution is 2.48. The van der Waals surface area contributed by atoms with Crippen LogP contribution in [-0.2, 0) is 0 Å². The molecule has 0 spiro atoms. The highest BCUT2D eigenvalue weighted by molar-refractivity contribution is 6.30. The van der Waals surface area contributed by atoms with Gasteiger partial charge in [-0.1, -0.05) is 18.0 Å². The average molecular weight is 280 g/mol. The zero-order valence-electron chi connectivity index (χ0n) is 11.4. The topological polar surface area (TPSA) is 35.2 Å². The van der Waals surface area contributed by atoms with Gasteiger partial charge in [-0.2, -0.15) is 0 Å². The van der Waals surface area contributed by atoms with E-state index in [4.69, 9.17) is 22.1 Å². The molecule has 2 aliphatic rings. The maximum atomic E-state index is 6.05. The van der Waals surface area contributed by atoms with Crippen LogP contribution in [0.1, 0.15) is 44.2 Å². The lowest BCUT2D eigenvalue weighted by atomic mass is 9.89. The van der Waals surface area contributed by atoms with Gasteiger partial charge in [-0.25, -0.2) is 0 Å². The third kappa shape index (κ3) is 2.75. The van der Waals surface area contributed by atoms with Crippen molar-refractivity contribution in [3.8, 4) is 5.75 Å². The van der Waals surface area contributed by atoms with Crippen LogP contribution in [0.5, 0.6) is 5.75 Å². The summed E-state index contributed by atoms with van der Waals surface area (Å²) in [5.74, 6) is 3.52. The minimum absolute atomic E-state index is 0.0475. The Balaban J connectivity index is 1.66. The van der Waals surface area contributed by atoms with Crippen molar-refractivity contribution in [1.29, 1.82) is 0 Å². The van der Waals surface area contributed by atoms with Crippen LogP contribution in [0, 0.1) is 17.8 Å². The highest BCUT2D eigenvalue weighted by atomic mass is 35.5. The van der Waals surface area contributed by atoms with E-state index in [9.17, 15) is 0 Å². The van der Waals surface area contributed by atoms with Crippen molar-refractivity contribution in [2.45, 2.75) is 38.6 Å². The molecule has 2 fully saturated rings. The van der Waals surface area contributed by atoms with Gasteiger partial charge in [0.15, 0.2) is 0 Å². The van der Waals surface area contributed by atoms with Crippen molar-refractivity contribution in [1.82, 2.24) is 0 Å². The van der Waals surface area contributed by atoms with Crippen LogP contribution in [0.15, 0.2) is 18.2 Å². The largest absolute Gasteiger partial charge is 0.493 e. The highest BCUT2D eigenvalue weighted by Gasteiger charge is 2.39. The van der Waals surface area contributed by atoms with E-state index in [1.807, 2.05) is 25.1 Å². The predicted molar refractivity (Wildman–Crippen MR) is 78.5 cm³/mol. The quantitative estimate of drug-likeness (QED) is 0.897. The van der Waals surface area contributed by atoms with E-state index in [2.05, 4.69) is 0 Å². The zero-order chi connectivity index (χ0) is 13.4. The van der Waals surface area contributed by atoms with Gasteiger partial charge < -0.3 is 10.5 Å². The minimum atomic E-state index is -0.0475. The van der Waals surface area contributed by atoms with Crippen molar-refractivity contribution < 1.29 is 4.74 Å². The van der Waals surface area contributed by atoms with Crippen molar-refractivity contribution in [3.05, 3.63) is 28.8 Å². The molecule has 104 valence electrons. The number of fused-ring (bicyclic) bond motifs is 2. The third-order valence-electron chi connectivity index (χ3n) is 4.80. The first-order chi connectivity index (χ1) is 9.13. The molecule has 0 heterocycles. The summed E-state index contributed by atoms with van der Waals surface area (Å²) in [6.07, 6.45) is 5.62. The summed E-state index contributed by atoms with van der Waals surface area (Å²) in [5, 5.41) is 0.722. The smallest absolute Gasteiger partial charge is 0.124 e. The van der Waals surface area contributed by atoms with Gasteiger partial charge in [0.05, 0.1) is 6.61 Å². The molecule has 3 rings (SSSR count). The van der Waals surface area contributed by atoms with Gasteiger partial charge in [-0.15, -0.1) is 0 Å². The van der Waals surface area contributed by atoms with Gasteiger partial charge in [-0.3, -0.25) is 0 Å². The maximum absolute atomic E-state index is 6.05. The van der Waals surface area contributed by atoms with E-state index < -0.39 is 0 Å². The van der Waals surface area contributed by atoms with Crippen LogP contribution < -0.4 is 10.5 Å². The van der Waals surface area contributed by atoms with Crippen LogP contribution in [0.4, 0.5) is 0 Å². The number of benzene rings is 1. The van der Waals surface area contributed by atoms with Crippen molar-refractivity contribution in [2.75, 3.05) is 6.61 Å².